The SMILES string of the molecule is CC(C)C[C@@H](NC(=O)C(NS(C)(=O)=O)C(C)(C)C)C(=O)O. The van der Waals surface area contributed by atoms with Crippen LogP contribution in [0, 0.1) is 11.3 Å². The molecule has 0 fully saturated rings. The number of amides is 1. The Balaban J connectivity index is 5.17. The summed E-state index contributed by atoms with van der Waals surface area (Å²) in [5.41, 5.74) is -0.686. The second-order valence-corrected chi connectivity index (χ2v) is 8.50. The molecule has 0 aliphatic carbocycles. The largest absolute Gasteiger partial charge is 0.480 e. The first kappa shape index (κ1) is 19.9. The fraction of sp³-hybridized carbons (Fsp3) is 0.846. The molecule has 0 saturated carbocycles. The van der Waals surface area contributed by atoms with Crippen molar-refractivity contribution in [3.8, 4) is 0 Å². The summed E-state index contributed by atoms with van der Waals surface area (Å²) in [6.07, 6.45) is 1.23. The first-order valence-corrected chi connectivity index (χ1v) is 8.63. The maximum atomic E-state index is 12.3. The molecular weight excluding hydrogens is 296 g/mol. The van der Waals surface area contributed by atoms with E-state index in [1.807, 2.05) is 13.8 Å². The van der Waals surface area contributed by atoms with Crippen molar-refractivity contribution in [1.29, 1.82) is 0 Å². The van der Waals surface area contributed by atoms with Crippen LogP contribution in [0.3, 0.4) is 0 Å². The Hall–Kier alpha value is -1.15. The van der Waals surface area contributed by atoms with Gasteiger partial charge in [-0.2, -0.15) is 0 Å². The van der Waals surface area contributed by atoms with E-state index >= 15 is 0 Å². The summed E-state index contributed by atoms with van der Waals surface area (Å²) in [4.78, 5) is 23.4. The Morgan fingerprint density at radius 1 is 1.19 bits per heavy atom. The zero-order chi connectivity index (χ0) is 17.0. The molecule has 0 heterocycles. The average Bonchev–Trinajstić information content (AvgIpc) is 2.21. The Labute approximate surface area is 126 Å². The first-order valence-electron chi connectivity index (χ1n) is 6.74. The molecule has 0 aliphatic heterocycles. The maximum Gasteiger partial charge on any atom is 0.326 e. The second-order valence-electron chi connectivity index (χ2n) is 6.72. The molecule has 0 radical (unpaired) electrons. The molecule has 0 aromatic carbocycles. The zero-order valence-corrected chi connectivity index (χ0v) is 14.2. The van der Waals surface area contributed by atoms with E-state index in [-0.39, 0.29) is 12.3 Å². The van der Waals surface area contributed by atoms with Gasteiger partial charge in [0, 0.05) is 0 Å². The van der Waals surface area contributed by atoms with Crippen molar-refractivity contribution < 1.29 is 23.1 Å². The van der Waals surface area contributed by atoms with Crippen molar-refractivity contribution in [3.63, 3.8) is 0 Å². The Kier molecular flexibility index (Phi) is 6.82. The molecule has 0 rings (SSSR count). The number of hydrogen-bond acceptors (Lipinski definition) is 4. The van der Waals surface area contributed by atoms with Crippen molar-refractivity contribution in [2.24, 2.45) is 11.3 Å². The number of carbonyl (C=O) groups is 2. The molecule has 0 aromatic heterocycles. The van der Waals surface area contributed by atoms with Crippen molar-refractivity contribution in [2.75, 3.05) is 6.26 Å². The molecule has 7 nitrogen and oxygen atoms in total. The second kappa shape index (κ2) is 7.22. The van der Waals surface area contributed by atoms with Crippen molar-refractivity contribution in [3.05, 3.63) is 0 Å². The topological polar surface area (TPSA) is 113 Å². The van der Waals surface area contributed by atoms with E-state index in [1.54, 1.807) is 20.8 Å². The predicted molar refractivity (Wildman–Crippen MR) is 80.2 cm³/mol. The molecule has 124 valence electrons. The van der Waals surface area contributed by atoms with Crippen LogP contribution in [0.1, 0.15) is 41.0 Å². The number of hydrogen-bond donors (Lipinski definition) is 3. The summed E-state index contributed by atoms with van der Waals surface area (Å²) < 4.78 is 25.0. The van der Waals surface area contributed by atoms with Crippen molar-refractivity contribution in [2.45, 2.75) is 53.1 Å². The zero-order valence-electron chi connectivity index (χ0n) is 13.4. The minimum absolute atomic E-state index is 0.0855. The Morgan fingerprint density at radius 2 is 1.67 bits per heavy atom. The molecule has 8 heteroatoms. The van der Waals surface area contributed by atoms with Gasteiger partial charge in [-0.3, -0.25) is 4.79 Å². The molecule has 0 saturated heterocycles. The molecule has 2 atom stereocenters. The van der Waals surface area contributed by atoms with Gasteiger partial charge >= 0.3 is 5.97 Å². The molecule has 0 spiro atoms. The van der Waals surface area contributed by atoms with Gasteiger partial charge in [-0.15, -0.1) is 0 Å². The number of carboxylic acid groups (broad SMARTS) is 1. The van der Waals surface area contributed by atoms with Crippen LogP contribution in [0.15, 0.2) is 0 Å². The standard InChI is InChI=1S/C13H26N2O5S/c1-8(2)7-9(12(17)18)14-11(16)10(13(3,4)5)15-21(6,19)20/h8-10,15H,7H2,1-6H3,(H,14,16)(H,17,18)/t9-,10?/m1/s1. The first-order chi connectivity index (χ1) is 9.24. The van der Waals surface area contributed by atoms with E-state index in [4.69, 9.17) is 5.11 Å². The van der Waals surface area contributed by atoms with E-state index in [0.717, 1.165) is 6.26 Å². The van der Waals surface area contributed by atoms with Crippen molar-refractivity contribution in [1.82, 2.24) is 10.0 Å². The lowest BCUT2D eigenvalue weighted by Gasteiger charge is -2.30. The third-order valence-corrected chi connectivity index (χ3v) is 3.45. The highest BCUT2D eigenvalue weighted by Crippen LogP contribution is 2.20. The van der Waals surface area contributed by atoms with Gasteiger partial charge in [0.2, 0.25) is 15.9 Å². The number of aliphatic carboxylic acids is 1. The van der Waals surface area contributed by atoms with Gasteiger partial charge in [0.15, 0.2) is 0 Å². The van der Waals surface area contributed by atoms with Gasteiger partial charge in [0.05, 0.1) is 6.26 Å². The summed E-state index contributed by atoms with van der Waals surface area (Å²) in [6.45, 7) is 8.80. The van der Waals surface area contributed by atoms with Gasteiger partial charge in [-0.05, 0) is 17.8 Å². The van der Waals surface area contributed by atoms with Crippen LogP contribution in [0.5, 0.6) is 0 Å². The summed E-state index contributed by atoms with van der Waals surface area (Å²) >= 11 is 0. The molecule has 3 N–H and O–H groups in total. The molecule has 0 aliphatic rings. The number of carbonyl (C=O) groups excluding carboxylic acids is 1. The lowest BCUT2D eigenvalue weighted by molar-refractivity contribution is -0.143. The van der Waals surface area contributed by atoms with E-state index in [9.17, 15) is 18.0 Å². The highest BCUT2D eigenvalue weighted by atomic mass is 32.2. The molecule has 1 amide bonds. The van der Waals surface area contributed by atoms with Crippen LogP contribution < -0.4 is 10.0 Å². The van der Waals surface area contributed by atoms with Crippen LogP contribution in [0.25, 0.3) is 0 Å². The molecule has 21 heavy (non-hydrogen) atoms. The number of nitrogens with one attached hydrogen (secondary N) is 2. The van der Waals surface area contributed by atoms with Crippen LogP contribution in [-0.2, 0) is 19.6 Å². The molecule has 1 unspecified atom stereocenters. The predicted octanol–water partition coefficient (Wildman–Crippen LogP) is 0.566. The van der Waals surface area contributed by atoms with Gasteiger partial charge in [-0.25, -0.2) is 17.9 Å². The van der Waals surface area contributed by atoms with Gasteiger partial charge < -0.3 is 10.4 Å². The van der Waals surface area contributed by atoms with Crippen molar-refractivity contribution >= 4 is 21.9 Å². The van der Waals surface area contributed by atoms with Crippen LogP contribution >= 0.6 is 0 Å². The normalized spacial score (nSPS) is 15.6. The molecule has 0 aromatic rings. The average molecular weight is 322 g/mol. The number of carboxylic acids is 1. The van der Waals surface area contributed by atoms with Crippen LogP contribution in [-0.4, -0.2) is 43.7 Å². The van der Waals surface area contributed by atoms with Crippen LogP contribution in [0.4, 0.5) is 0 Å². The van der Waals surface area contributed by atoms with E-state index in [2.05, 4.69) is 10.0 Å². The minimum atomic E-state index is -3.59. The van der Waals surface area contributed by atoms with E-state index in [0.29, 0.717) is 0 Å². The van der Waals surface area contributed by atoms with E-state index < -0.39 is 39.4 Å². The molecule has 0 bridgehead atoms. The third-order valence-electron chi connectivity index (χ3n) is 2.78. The summed E-state index contributed by atoms with van der Waals surface area (Å²) in [7, 11) is -3.59. The van der Waals surface area contributed by atoms with Gasteiger partial charge in [0.25, 0.3) is 0 Å². The molecular formula is C13H26N2O5S. The van der Waals surface area contributed by atoms with Gasteiger partial charge in [-0.1, -0.05) is 34.6 Å². The third kappa shape index (κ3) is 8.01. The lowest BCUT2D eigenvalue weighted by Crippen LogP contribution is -2.56. The maximum absolute atomic E-state index is 12.3. The summed E-state index contributed by atoms with van der Waals surface area (Å²) in [5, 5.41) is 11.5. The number of sulfonamides is 1. The Bertz CT molecular complexity index is 479. The lowest BCUT2D eigenvalue weighted by atomic mass is 9.86. The minimum Gasteiger partial charge on any atom is -0.480 e. The summed E-state index contributed by atoms with van der Waals surface area (Å²) in [6, 6.07) is -2.08. The monoisotopic (exact) mass is 322 g/mol. The highest BCUT2D eigenvalue weighted by molar-refractivity contribution is 7.88. The quantitative estimate of drug-likeness (QED) is 0.634. The summed E-state index contributed by atoms with van der Waals surface area (Å²) in [5.74, 6) is -1.69. The van der Waals surface area contributed by atoms with Gasteiger partial charge in [0.1, 0.15) is 12.1 Å². The number of rotatable bonds is 7. The highest BCUT2D eigenvalue weighted by Gasteiger charge is 2.35. The fourth-order valence-electron chi connectivity index (χ4n) is 1.79. The van der Waals surface area contributed by atoms with E-state index in [1.165, 1.54) is 0 Å². The van der Waals surface area contributed by atoms with Crippen LogP contribution in [0.2, 0.25) is 0 Å². The Morgan fingerprint density at radius 3 is 1.95 bits per heavy atom. The smallest absolute Gasteiger partial charge is 0.326 e. The fourth-order valence-corrected chi connectivity index (χ4v) is 2.67.